The molecular weight excluding hydrogens is 432 g/mol. The van der Waals surface area contributed by atoms with E-state index in [-0.39, 0.29) is 5.91 Å². The predicted octanol–water partition coefficient (Wildman–Crippen LogP) is 6.19. The number of amides is 1. The van der Waals surface area contributed by atoms with Gasteiger partial charge in [0, 0.05) is 15.8 Å². The fourth-order valence-corrected chi connectivity index (χ4v) is 5.78. The number of carbonyl (C=O) groups is 2. The lowest BCUT2D eigenvalue weighted by molar-refractivity contribution is 0.0601. The number of ether oxygens (including phenoxy) is 1. The number of hydrogen-bond acceptors (Lipinski definition) is 5. The average Bonchev–Trinajstić information content (AvgIpc) is 3.20. The number of rotatable bonds is 4. The molecule has 0 fully saturated rings. The van der Waals surface area contributed by atoms with Crippen LogP contribution in [0.1, 0.15) is 49.6 Å². The summed E-state index contributed by atoms with van der Waals surface area (Å²) in [4.78, 5) is 32.2. The Kier molecular flexibility index (Phi) is 5.68. The average molecular weight is 457 g/mol. The first-order chi connectivity index (χ1) is 16.1. The molecule has 2 aromatic carbocycles. The van der Waals surface area contributed by atoms with Crippen LogP contribution in [0.4, 0.5) is 5.00 Å². The first-order valence-electron chi connectivity index (χ1n) is 11.1. The Balaban J connectivity index is 1.61. The standard InChI is InChI=1S/C27H24N2O3S/c1-16-9-3-4-10-17(16)22-15-20(18-11-5-7-13-21(18)28-22)25(30)29-26-24(27(31)32-2)19-12-6-8-14-23(19)33-26/h3-5,7,9-11,13,15H,6,8,12,14H2,1-2H3,(H,29,30). The highest BCUT2D eigenvalue weighted by Crippen LogP contribution is 2.39. The van der Waals surface area contributed by atoms with Gasteiger partial charge in [-0.1, -0.05) is 42.5 Å². The summed E-state index contributed by atoms with van der Waals surface area (Å²) in [5, 5.41) is 4.37. The number of benzene rings is 2. The van der Waals surface area contributed by atoms with Crippen LogP contribution in [0.5, 0.6) is 0 Å². The van der Waals surface area contributed by atoms with E-state index in [2.05, 4.69) is 5.32 Å². The molecule has 2 aromatic heterocycles. The van der Waals surface area contributed by atoms with E-state index in [0.29, 0.717) is 16.1 Å². The van der Waals surface area contributed by atoms with Gasteiger partial charge >= 0.3 is 5.97 Å². The molecule has 0 spiro atoms. The first kappa shape index (κ1) is 21.3. The summed E-state index contributed by atoms with van der Waals surface area (Å²) in [5.41, 5.74) is 5.63. The smallest absolute Gasteiger partial charge is 0.341 e. The molecule has 2 heterocycles. The van der Waals surface area contributed by atoms with Crippen molar-refractivity contribution in [2.75, 3.05) is 12.4 Å². The Hall–Kier alpha value is -3.51. The number of pyridine rings is 1. The second-order valence-electron chi connectivity index (χ2n) is 8.25. The number of aromatic nitrogens is 1. The summed E-state index contributed by atoms with van der Waals surface area (Å²) < 4.78 is 5.06. The lowest BCUT2D eigenvalue weighted by Gasteiger charge is -2.13. The zero-order chi connectivity index (χ0) is 22.9. The molecule has 5 nitrogen and oxygen atoms in total. The monoisotopic (exact) mass is 456 g/mol. The second kappa shape index (κ2) is 8.79. The number of para-hydroxylation sites is 1. The number of hydrogen-bond donors (Lipinski definition) is 1. The second-order valence-corrected chi connectivity index (χ2v) is 9.35. The molecule has 33 heavy (non-hydrogen) atoms. The third-order valence-electron chi connectivity index (χ3n) is 6.17. The number of nitrogens with zero attached hydrogens (tertiary/aromatic N) is 1. The van der Waals surface area contributed by atoms with Crippen molar-refractivity contribution >= 4 is 39.1 Å². The Labute approximate surface area is 196 Å². The van der Waals surface area contributed by atoms with Crippen LogP contribution >= 0.6 is 11.3 Å². The summed E-state index contributed by atoms with van der Waals surface area (Å²) >= 11 is 1.49. The number of fused-ring (bicyclic) bond motifs is 2. The van der Waals surface area contributed by atoms with Crippen LogP contribution in [-0.2, 0) is 17.6 Å². The van der Waals surface area contributed by atoms with Gasteiger partial charge in [0.2, 0.25) is 0 Å². The van der Waals surface area contributed by atoms with E-state index in [9.17, 15) is 9.59 Å². The van der Waals surface area contributed by atoms with Gasteiger partial charge in [0.1, 0.15) is 5.00 Å². The fraction of sp³-hybridized carbons (Fsp3) is 0.222. The van der Waals surface area contributed by atoms with E-state index in [1.807, 2.05) is 61.5 Å². The molecule has 0 saturated carbocycles. The van der Waals surface area contributed by atoms with Crippen molar-refractivity contribution in [3.63, 3.8) is 0 Å². The molecule has 1 N–H and O–H groups in total. The number of anilines is 1. The van der Waals surface area contributed by atoms with Crippen molar-refractivity contribution in [1.29, 1.82) is 0 Å². The fourth-order valence-electron chi connectivity index (χ4n) is 4.50. The minimum atomic E-state index is -0.398. The number of carbonyl (C=O) groups excluding carboxylic acids is 2. The normalized spacial score (nSPS) is 12.9. The van der Waals surface area contributed by atoms with Crippen LogP contribution in [-0.4, -0.2) is 24.0 Å². The van der Waals surface area contributed by atoms with Gasteiger partial charge in [0.15, 0.2) is 0 Å². The summed E-state index contributed by atoms with van der Waals surface area (Å²) in [7, 11) is 1.38. The van der Waals surface area contributed by atoms with Crippen molar-refractivity contribution in [2.45, 2.75) is 32.6 Å². The molecule has 0 bridgehead atoms. The van der Waals surface area contributed by atoms with Gasteiger partial charge in [-0.15, -0.1) is 11.3 Å². The molecule has 1 amide bonds. The number of nitrogens with one attached hydrogen (secondary N) is 1. The van der Waals surface area contributed by atoms with Crippen LogP contribution in [0.2, 0.25) is 0 Å². The van der Waals surface area contributed by atoms with Crippen LogP contribution in [0.25, 0.3) is 22.2 Å². The largest absolute Gasteiger partial charge is 0.465 e. The van der Waals surface area contributed by atoms with Crippen molar-refractivity contribution in [3.05, 3.63) is 81.7 Å². The van der Waals surface area contributed by atoms with E-state index in [4.69, 9.17) is 9.72 Å². The minimum Gasteiger partial charge on any atom is -0.465 e. The van der Waals surface area contributed by atoms with Crippen molar-refractivity contribution in [2.24, 2.45) is 0 Å². The highest BCUT2D eigenvalue weighted by Gasteiger charge is 2.27. The van der Waals surface area contributed by atoms with Gasteiger partial charge in [-0.05, 0) is 55.9 Å². The third-order valence-corrected chi connectivity index (χ3v) is 7.38. The molecule has 0 unspecified atom stereocenters. The first-order valence-corrected chi connectivity index (χ1v) is 11.9. The summed E-state index contributed by atoms with van der Waals surface area (Å²) in [5.74, 6) is -0.655. The molecule has 5 rings (SSSR count). The van der Waals surface area contributed by atoms with Gasteiger partial charge in [0.25, 0.3) is 5.91 Å². The van der Waals surface area contributed by atoms with Crippen LogP contribution in [0.15, 0.2) is 54.6 Å². The van der Waals surface area contributed by atoms with E-state index in [1.54, 1.807) is 0 Å². The summed E-state index contributed by atoms with van der Waals surface area (Å²) in [6.45, 7) is 2.03. The molecule has 0 atom stereocenters. The SMILES string of the molecule is COC(=O)c1c(NC(=O)c2cc(-c3ccccc3C)nc3ccccc23)sc2c1CCCC2. The van der Waals surface area contributed by atoms with Crippen LogP contribution in [0, 0.1) is 6.92 Å². The van der Waals surface area contributed by atoms with Crippen molar-refractivity contribution < 1.29 is 14.3 Å². The highest BCUT2D eigenvalue weighted by molar-refractivity contribution is 7.17. The summed E-state index contributed by atoms with van der Waals surface area (Å²) in [6, 6.07) is 17.5. The quantitative estimate of drug-likeness (QED) is 0.372. The van der Waals surface area contributed by atoms with Gasteiger partial charge in [-0.3, -0.25) is 4.79 Å². The van der Waals surface area contributed by atoms with Gasteiger partial charge in [-0.2, -0.15) is 0 Å². The summed E-state index contributed by atoms with van der Waals surface area (Å²) in [6.07, 6.45) is 3.89. The Bertz CT molecular complexity index is 1390. The van der Waals surface area contributed by atoms with E-state index in [1.165, 1.54) is 18.4 Å². The molecule has 166 valence electrons. The maximum atomic E-state index is 13.6. The zero-order valence-electron chi connectivity index (χ0n) is 18.6. The number of thiophene rings is 1. The van der Waals surface area contributed by atoms with Crippen LogP contribution < -0.4 is 5.32 Å². The molecule has 4 aromatic rings. The van der Waals surface area contributed by atoms with Gasteiger partial charge in [-0.25, -0.2) is 9.78 Å². The van der Waals surface area contributed by atoms with Crippen molar-refractivity contribution in [3.8, 4) is 11.3 Å². The molecule has 0 saturated heterocycles. The number of methoxy groups -OCH3 is 1. The number of aryl methyl sites for hydroxylation is 2. The Morgan fingerprint density at radius 1 is 1.03 bits per heavy atom. The maximum Gasteiger partial charge on any atom is 0.341 e. The lowest BCUT2D eigenvalue weighted by atomic mass is 9.95. The van der Waals surface area contributed by atoms with Crippen molar-refractivity contribution in [1.82, 2.24) is 4.98 Å². The molecule has 1 aliphatic rings. The molecule has 0 radical (unpaired) electrons. The van der Waals surface area contributed by atoms with Gasteiger partial charge in [0.05, 0.1) is 29.4 Å². The highest BCUT2D eigenvalue weighted by atomic mass is 32.1. The van der Waals surface area contributed by atoms with E-state index < -0.39 is 5.97 Å². The van der Waals surface area contributed by atoms with Gasteiger partial charge < -0.3 is 10.1 Å². The Morgan fingerprint density at radius 3 is 2.61 bits per heavy atom. The topological polar surface area (TPSA) is 68.3 Å². The minimum absolute atomic E-state index is 0.257. The maximum absolute atomic E-state index is 13.6. The predicted molar refractivity (Wildman–Crippen MR) is 132 cm³/mol. The third kappa shape index (κ3) is 3.91. The lowest BCUT2D eigenvalue weighted by Crippen LogP contribution is -2.16. The zero-order valence-corrected chi connectivity index (χ0v) is 19.4. The molecule has 6 heteroatoms. The molecular formula is C27H24N2O3S. The Morgan fingerprint density at radius 2 is 1.79 bits per heavy atom. The van der Waals surface area contributed by atoms with E-state index >= 15 is 0 Å². The molecule has 0 aliphatic heterocycles. The van der Waals surface area contributed by atoms with E-state index in [0.717, 1.165) is 63.8 Å². The molecule has 1 aliphatic carbocycles. The number of esters is 1. The van der Waals surface area contributed by atoms with Crippen LogP contribution in [0.3, 0.4) is 0 Å².